The van der Waals surface area contributed by atoms with Gasteiger partial charge in [-0.1, -0.05) is 15.9 Å². The van der Waals surface area contributed by atoms with E-state index in [0.29, 0.717) is 28.0 Å². The number of hydrogen-bond donors (Lipinski definition) is 3. The third-order valence-electron chi connectivity index (χ3n) is 4.43. The molecule has 0 aromatic carbocycles. The smallest absolute Gasteiger partial charge is 0.254 e. The Bertz CT molecular complexity index is 705. The Morgan fingerprint density at radius 1 is 1.36 bits per heavy atom. The predicted molar refractivity (Wildman–Crippen MR) is 82.2 cm³/mol. The highest BCUT2D eigenvalue weighted by Gasteiger charge is 2.40. The van der Waals surface area contributed by atoms with E-state index in [1.54, 1.807) is 18.3 Å². The highest BCUT2D eigenvalue weighted by molar-refractivity contribution is 9.09. The first kappa shape index (κ1) is 14.0. The number of nitrogens with zero attached hydrogens (tertiary/aromatic N) is 4. The van der Waals surface area contributed by atoms with Gasteiger partial charge in [0.2, 0.25) is 0 Å². The maximum absolute atomic E-state index is 12.4. The Hall–Kier alpha value is -1.58. The summed E-state index contributed by atoms with van der Waals surface area (Å²) in [6.07, 6.45) is 4.87. The number of pyridine rings is 1. The van der Waals surface area contributed by atoms with Gasteiger partial charge < -0.3 is 5.32 Å². The minimum atomic E-state index is -0.127. The summed E-state index contributed by atoms with van der Waals surface area (Å²) in [5.74, 6) is 0.285. The first-order chi connectivity index (χ1) is 10.7. The van der Waals surface area contributed by atoms with Crippen molar-refractivity contribution in [2.75, 3.05) is 0 Å². The van der Waals surface area contributed by atoms with Crippen LogP contribution in [0.1, 0.15) is 29.6 Å². The molecular formula is C13H16BrN7O. The SMILES string of the molecule is O=C(NC1NNC2CC(Br)CCC21)c1ccc2nnnn2c1. The van der Waals surface area contributed by atoms with Gasteiger partial charge in [-0.3, -0.25) is 10.2 Å². The van der Waals surface area contributed by atoms with Crippen LogP contribution in [-0.2, 0) is 0 Å². The van der Waals surface area contributed by atoms with E-state index in [4.69, 9.17) is 0 Å². The molecule has 116 valence electrons. The van der Waals surface area contributed by atoms with Crippen molar-refractivity contribution >= 4 is 27.5 Å². The molecule has 22 heavy (non-hydrogen) atoms. The molecule has 1 saturated heterocycles. The molecule has 4 unspecified atom stereocenters. The summed E-state index contributed by atoms with van der Waals surface area (Å²) >= 11 is 3.67. The summed E-state index contributed by atoms with van der Waals surface area (Å²) in [6.45, 7) is 0. The Kier molecular flexibility index (Phi) is 3.55. The van der Waals surface area contributed by atoms with E-state index in [9.17, 15) is 4.79 Å². The molecule has 1 saturated carbocycles. The van der Waals surface area contributed by atoms with Crippen LogP contribution in [0, 0.1) is 5.92 Å². The van der Waals surface area contributed by atoms with Gasteiger partial charge >= 0.3 is 0 Å². The van der Waals surface area contributed by atoms with Gasteiger partial charge in [0, 0.05) is 23.0 Å². The van der Waals surface area contributed by atoms with E-state index in [2.05, 4.69) is 47.6 Å². The van der Waals surface area contributed by atoms with Crippen molar-refractivity contribution in [2.45, 2.75) is 36.3 Å². The fourth-order valence-electron chi connectivity index (χ4n) is 3.25. The van der Waals surface area contributed by atoms with E-state index in [1.807, 2.05) is 0 Å². The number of halogens is 1. The Morgan fingerprint density at radius 3 is 3.18 bits per heavy atom. The average Bonchev–Trinajstić information content (AvgIpc) is 3.13. The number of nitrogens with one attached hydrogen (secondary N) is 3. The Labute approximate surface area is 135 Å². The minimum Gasteiger partial charge on any atom is -0.335 e. The second kappa shape index (κ2) is 5.56. The van der Waals surface area contributed by atoms with E-state index in [0.717, 1.165) is 19.3 Å². The Balaban J connectivity index is 1.47. The second-order valence-corrected chi connectivity index (χ2v) is 7.11. The normalized spacial score (nSPS) is 31.1. The maximum Gasteiger partial charge on any atom is 0.254 e. The lowest BCUT2D eigenvalue weighted by Crippen LogP contribution is -2.47. The summed E-state index contributed by atoms with van der Waals surface area (Å²) in [6, 6.07) is 3.86. The highest BCUT2D eigenvalue weighted by Crippen LogP contribution is 2.32. The lowest BCUT2D eigenvalue weighted by Gasteiger charge is -2.30. The number of carbonyl (C=O) groups is 1. The summed E-state index contributed by atoms with van der Waals surface area (Å²) < 4.78 is 1.49. The van der Waals surface area contributed by atoms with Crippen LogP contribution >= 0.6 is 15.9 Å². The maximum atomic E-state index is 12.4. The molecule has 3 heterocycles. The third kappa shape index (κ3) is 2.49. The zero-order chi connectivity index (χ0) is 15.1. The molecule has 0 spiro atoms. The van der Waals surface area contributed by atoms with Crippen LogP contribution in [0.4, 0.5) is 0 Å². The zero-order valence-electron chi connectivity index (χ0n) is 11.7. The topological polar surface area (TPSA) is 96.2 Å². The molecule has 2 fully saturated rings. The predicted octanol–water partition coefficient (Wildman–Crippen LogP) is 0.220. The van der Waals surface area contributed by atoms with Crippen LogP contribution in [0.25, 0.3) is 5.65 Å². The molecule has 2 aliphatic rings. The van der Waals surface area contributed by atoms with Crippen molar-refractivity contribution in [1.29, 1.82) is 0 Å². The molecule has 4 rings (SSSR count). The summed E-state index contributed by atoms with van der Waals surface area (Å²) in [5, 5.41) is 14.3. The Morgan fingerprint density at radius 2 is 2.27 bits per heavy atom. The van der Waals surface area contributed by atoms with E-state index in [1.165, 1.54) is 4.52 Å². The van der Waals surface area contributed by atoms with Crippen molar-refractivity contribution in [3.63, 3.8) is 0 Å². The van der Waals surface area contributed by atoms with Gasteiger partial charge in [0.15, 0.2) is 5.65 Å². The van der Waals surface area contributed by atoms with Crippen LogP contribution in [0.3, 0.4) is 0 Å². The highest BCUT2D eigenvalue weighted by atomic mass is 79.9. The zero-order valence-corrected chi connectivity index (χ0v) is 13.3. The fraction of sp³-hybridized carbons (Fsp3) is 0.538. The number of fused-ring (bicyclic) bond motifs is 2. The van der Waals surface area contributed by atoms with Gasteiger partial charge in [-0.05, 0) is 41.8 Å². The summed E-state index contributed by atoms with van der Waals surface area (Å²) in [4.78, 5) is 13.0. The van der Waals surface area contributed by atoms with Crippen LogP contribution in [-0.4, -0.2) is 43.0 Å². The number of amides is 1. The number of hydrazine groups is 1. The molecular weight excluding hydrogens is 350 g/mol. The number of carbonyl (C=O) groups excluding carboxylic acids is 1. The third-order valence-corrected chi connectivity index (χ3v) is 5.26. The quantitative estimate of drug-likeness (QED) is 0.658. The molecule has 0 bridgehead atoms. The van der Waals surface area contributed by atoms with Crippen molar-refractivity contribution in [3.05, 3.63) is 23.9 Å². The molecule has 0 radical (unpaired) electrons. The first-order valence-corrected chi connectivity index (χ1v) is 8.26. The van der Waals surface area contributed by atoms with Crippen molar-refractivity contribution in [3.8, 4) is 0 Å². The molecule has 2 aromatic rings. The average molecular weight is 366 g/mol. The van der Waals surface area contributed by atoms with Gasteiger partial charge in [-0.2, -0.15) is 4.52 Å². The number of aromatic nitrogens is 4. The molecule has 4 atom stereocenters. The molecule has 1 amide bonds. The molecule has 9 heteroatoms. The number of rotatable bonds is 2. The number of alkyl halides is 1. The van der Waals surface area contributed by atoms with Crippen molar-refractivity contribution < 1.29 is 4.79 Å². The number of hydrogen-bond acceptors (Lipinski definition) is 6. The van der Waals surface area contributed by atoms with E-state index in [-0.39, 0.29) is 12.1 Å². The molecule has 1 aliphatic heterocycles. The lowest BCUT2D eigenvalue weighted by atomic mass is 9.84. The standard InChI is InChI=1S/C13H16BrN7O/c14-8-2-3-9-10(5-8)16-18-12(9)15-13(22)7-1-4-11-17-19-20-21(11)6-7/h1,4,6,8-10,12,16,18H,2-3,5H2,(H,15,22). The van der Waals surface area contributed by atoms with Crippen LogP contribution < -0.4 is 16.2 Å². The monoisotopic (exact) mass is 365 g/mol. The van der Waals surface area contributed by atoms with Crippen LogP contribution in [0.15, 0.2) is 18.3 Å². The largest absolute Gasteiger partial charge is 0.335 e. The van der Waals surface area contributed by atoms with Crippen molar-refractivity contribution in [2.24, 2.45) is 5.92 Å². The molecule has 3 N–H and O–H groups in total. The van der Waals surface area contributed by atoms with Gasteiger partial charge in [-0.15, -0.1) is 5.10 Å². The van der Waals surface area contributed by atoms with Crippen LogP contribution in [0.2, 0.25) is 0 Å². The lowest BCUT2D eigenvalue weighted by molar-refractivity contribution is 0.0916. The molecule has 8 nitrogen and oxygen atoms in total. The summed E-state index contributed by atoms with van der Waals surface area (Å²) in [7, 11) is 0. The van der Waals surface area contributed by atoms with Gasteiger partial charge in [-0.25, -0.2) is 5.43 Å². The second-order valence-electron chi connectivity index (χ2n) is 5.82. The summed E-state index contributed by atoms with van der Waals surface area (Å²) in [5.41, 5.74) is 7.65. The molecule has 2 aromatic heterocycles. The van der Waals surface area contributed by atoms with Crippen molar-refractivity contribution in [1.82, 2.24) is 36.2 Å². The van der Waals surface area contributed by atoms with Gasteiger partial charge in [0.05, 0.1) is 11.7 Å². The van der Waals surface area contributed by atoms with Gasteiger partial charge in [0.1, 0.15) is 0 Å². The number of tetrazole rings is 1. The van der Waals surface area contributed by atoms with E-state index < -0.39 is 0 Å². The molecule has 1 aliphatic carbocycles. The van der Waals surface area contributed by atoms with Gasteiger partial charge in [0.25, 0.3) is 5.91 Å². The first-order valence-electron chi connectivity index (χ1n) is 7.34. The van der Waals surface area contributed by atoms with Crippen LogP contribution in [0.5, 0.6) is 0 Å². The fourth-order valence-corrected chi connectivity index (χ4v) is 3.92. The minimum absolute atomic E-state index is 0.0536. The van der Waals surface area contributed by atoms with E-state index >= 15 is 0 Å².